The molecule has 0 fully saturated rings. The van der Waals surface area contributed by atoms with Crippen LogP contribution in [-0.4, -0.2) is 11.0 Å². The number of carbonyl (C=O) groups excluding carboxylic acids is 1. The highest BCUT2D eigenvalue weighted by Gasteiger charge is 2.31. The van der Waals surface area contributed by atoms with Gasteiger partial charge in [-0.1, -0.05) is 11.6 Å². The first-order valence-corrected chi connectivity index (χ1v) is 5.71. The minimum atomic E-state index is -4.65. The molecule has 2 aromatic rings. The number of carboxylic acids is 1. The number of halogens is 4. The third kappa shape index (κ3) is 3.08. The van der Waals surface area contributed by atoms with Crippen molar-refractivity contribution in [2.45, 2.75) is 6.18 Å². The van der Waals surface area contributed by atoms with Crippen molar-refractivity contribution in [3.8, 4) is 11.1 Å². The summed E-state index contributed by atoms with van der Waals surface area (Å²) >= 11 is 5.59. The Labute approximate surface area is 116 Å². The topological polar surface area (TPSA) is 53.0 Å². The van der Waals surface area contributed by atoms with E-state index in [4.69, 9.17) is 11.6 Å². The van der Waals surface area contributed by atoms with Crippen molar-refractivity contribution < 1.29 is 23.1 Å². The first-order chi connectivity index (χ1) is 9.27. The van der Waals surface area contributed by atoms with E-state index in [9.17, 15) is 23.1 Å². The molecule has 0 aliphatic carbocycles. The molecule has 7 heteroatoms. The van der Waals surface area contributed by atoms with Gasteiger partial charge in [-0.2, -0.15) is 13.2 Å². The Hall–Kier alpha value is -2.08. The highest BCUT2D eigenvalue weighted by Crippen LogP contribution is 2.33. The van der Waals surface area contributed by atoms with Crippen LogP contribution in [0.15, 0.2) is 36.5 Å². The molecule has 2 rings (SSSR count). The number of carboxylic acid groups (broad SMARTS) is 1. The number of hydrogen-bond donors (Lipinski definition) is 0. The SMILES string of the molecule is O=C([O-])c1cc(-c2ccc(Cl)nc2)cc(C(F)(F)F)c1. The van der Waals surface area contributed by atoms with Gasteiger partial charge >= 0.3 is 6.18 Å². The molecule has 0 saturated heterocycles. The molecule has 0 radical (unpaired) electrons. The van der Waals surface area contributed by atoms with Gasteiger partial charge in [-0.15, -0.1) is 0 Å². The van der Waals surface area contributed by atoms with Crippen molar-refractivity contribution in [1.82, 2.24) is 4.98 Å². The summed E-state index contributed by atoms with van der Waals surface area (Å²) in [6.07, 6.45) is -3.39. The predicted octanol–water partition coefficient (Wildman–Crippen LogP) is 2.78. The average Bonchev–Trinajstić information content (AvgIpc) is 2.38. The largest absolute Gasteiger partial charge is 0.545 e. The van der Waals surface area contributed by atoms with Crippen LogP contribution in [0.2, 0.25) is 5.15 Å². The van der Waals surface area contributed by atoms with Crippen LogP contribution in [0.3, 0.4) is 0 Å². The second-order valence-electron chi connectivity index (χ2n) is 3.95. The molecule has 0 amide bonds. The summed E-state index contributed by atoms with van der Waals surface area (Å²) in [5, 5.41) is 11.0. The lowest BCUT2D eigenvalue weighted by molar-refractivity contribution is -0.255. The van der Waals surface area contributed by atoms with Crippen molar-refractivity contribution >= 4 is 17.6 Å². The molecule has 0 saturated carbocycles. The van der Waals surface area contributed by atoms with Crippen molar-refractivity contribution in [3.63, 3.8) is 0 Å². The summed E-state index contributed by atoms with van der Waals surface area (Å²) in [7, 11) is 0. The van der Waals surface area contributed by atoms with Gasteiger partial charge < -0.3 is 9.90 Å². The Morgan fingerprint density at radius 2 is 1.85 bits per heavy atom. The van der Waals surface area contributed by atoms with Gasteiger partial charge in [-0.3, -0.25) is 0 Å². The van der Waals surface area contributed by atoms with Gasteiger partial charge in [0.25, 0.3) is 0 Å². The Balaban J connectivity index is 2.60. The van der Waals surface area contributed by atoms with Crippen LogP contribution in [0, 0.1) is 0 Å². The third-order valence-electron chi connectivity index (χ3n) is 2.56. The summed E-state index contributed by atoms with van der Waals surface area (Å²) < 4.78 is 38.2. The van der Waals surface area contributed by atoms with Crippen LogP contribution in [0.5, 0.6) is 0 Å². The van der Waals surface area contributed by atoms with Crippen molar-refractivity contribution in [3.05, 3.63) is 52.8 Å². The number of pyridine rings is 1. The number of aromatic carboxylic acids is 1. The molecule has 0 spiro atoms. The third-order valence-corrected chi connectivity index (χ3v) is 2.78. The number of alkyl halides is 3. The van der Waals surface area contributed by atoms with E-state index in [0.717, 1.165) is 12.1 Å². The van der Waals surface area contributed by atoms with E-state index in [1.54, 1.807) is 0 Å². The summed E-state index contributed by atoms with van der Waals surface area (Å²) in [6, 6.07) is 5.31. The zero-order valence-corrected chi connectivity index (χ0v) is 10.5. The summed E-state index contributed by atoms with van der Waals surface area (Å²) in [5.41, 5.74) is -1.22. The van der Waals surface area contributed by atoms with Gasteiger partial charge in [0.05, 0.1) is 11.5 Å². The first kappa shape index (κ1) is 14.3. The van der Waals surface area contributed by atoms with E-state index >= 15 is 0 Å². The number of hydrogen-bond acceptors (Lipinski definition) is 3. The lowest BCUT2D eigenvalue weighted by Crippen LogP contribution is -2.23. The molecule has 0 unspecified atom stereocenters. The molecule has 0 N–H and O–H groups in total. The maximum Gasteiger partial charge on any atom is 0.416 e. The molecule has 0 aliphatic heterocycles. The first-order valence-electron chi connectivity index (χ1n) is 5.33. The quantitative estimate of drug-likeness (QED) is 0.801. The van der Waals surface area contributed by atoms with Gasteiger partial charge in [-0.05, 0) is 41.5 Å². The Bertz CT molecular complexity index is 654. The second-order valence-corrected chi connectivity index (χ2v) is 4.34. The normalized spacial score (nSPS) is 11.4. The second kappa shape index (κ2) is 5.13. The lowest BCUT2D eigenvalue weighted by atomic mass is 10.0. The summed E-state index contributed by atoms with van der Waals surface area (Å²) in [6.45, 7) is 0. The highest BCUT2D eigenvalue weighted by atomic mass is 35.5. The van der Waals surface area contributed by atoms with Crippen molar-refractivity contribution in [2.75, 3.05) is 0 Å². The van der Waals surface area contributed by atoms with Gasteiger partial charge in [0.1, 0.15) is 5.15 Å². The maximum absolute atomic E-state index is 12.7. The molecule has 0 bridgehead atoms. The smallest absolute Gasteiger partial charge is 0.416 e. The zero-order valence-electron chi connectivity index (χ0n) is 9.74. The average molecular weight is 301 g/mol. The van der Waals surface area contributed by atoms with Gasteiger partial charge in [0, 0.05) is 11.8 Å². The van der Waals surface area contributed by atoms with Crippen LogP contribution < -0.4 is 5.11 Å². The standard InChI is InChI=1S/C13H7ClF3NO2/c14-11-2-1-7(6-18-11)8-3-9(12(19)20)5-10(4-8)13(15,16)17/h1-6H,(H,19,20)/p-1. The van der Waals surface area contributed by atoms with Crippen molar-refractivity contribution in [2.24, 2.45) is 0 Å². The lowest BCUT2D eigenvalue weighted by Gasteiger charge is -2.13. The molecular formula is C13H6ClF3NO2-. The van der Waals surface area contributed by atoms with E-state index in [1.807, 2.05) is 0 Å². The minimum Gasteiger partial charge on any atom is -0.545 e. The number of aromatic nitrogens is 1. The van der Waals surface area contributed by atoms with Crippen molar-refractivity contribution in [1.29, 1.82) is 0 Å². The minimum absolute atomic E-state index is 0.0724. The molecule has 0 aliphatic rings. The Kier molecular flexibility index (Phi) is 3.67. The number of benzene rings is 1. The number of carbonyl (C=O) groups is 1. The maximum atomic E-state index is 12.7. The molecular weight excluding hydrogens is 295 g/mol. The Morgan fingerprint density at radius 1 is 1.15 bits per heavy atom. The molecule has 1 aromatic heterocycles. The number of nitrogens with zero attached hydrogens (tertiary/aromatic N) is 1. The van der Waals surface area contributed by atoms with Crippen LogP contribution in [0.4, 0.5) is 13.2 Å². The fourth-order valence-corrected chi connectivity index (χ4v) is 1.73. The van der Waals surface area contributed by atoms with Gasteiger partial charge in [-0.25, -0.2) is 4.98 Å². The molecule has 1 heterocycles. The molecule has 20 heavy (non-hydrogen) atoms. The van der Waals surface area contributed by atoms with Crippen LogP contribution in [-0.2, 0) is 6.18 Å². The monoisotopic (exact) mass is 300 g/mol. The van der Waals surface area contributed by atoms with Gasteiger partial charge in [0.15, 0.2) is 0 Å². The summed E-state index contributed by atoms with van der Waals surface area (Å²) in [4.78, 5) is 14.5. The highest BCUT2D eigenvalue weighted by molar-refractivity contribution is 6.29. The fourth-order valence-electron chi connectivity index (χ4n) is 1.62. The number of rotatable bonds is 2. The molecule has 0 atom stereocenters. The van der Waals surface area contributed by atoms with E-state index in [1.165, 1.54) is 18.3 Å². The molecule has 3 nitrogen and oxygen atoms in total. The molecule has 104 valence electrons. The van der Waals surface area contributed by atoms with Gasteiger partial charge in [0.2, 0.25) is 0 Å². The summed E-state index contributed by atoms with van der Waals surface area (Å²) in [5.74, 6) is -1.68. The van der Waals surface area contributed by atoms with Crippen LogP contribution >= 0.6 is 11.6 Å². The predicted molar refractivity (Wildman–Crippen MR) is 64.0 cm³/mol. The van der Waals surface area contributed by atoms with Crippen LogP contribution in [0.25, 0.3) is 11.1 Å². The van der Waals surface area contributed by atoms with E-state index in [2.05, 4.69) is 4.98 Å². The van der Waals surface area contributed by atoms with Crippen LogP contribution in [0.1, 0.15) is 15.9 Å². The molecule has 1 aromatic carbocycles. The Morgan fingerprint density at radius 3 is 2.35 bits per heavy atom. The van der Waals surface area contributed by atoms with E-state index in [-0.39, 0.29) is 10.7 Å². The van der Waals surface area contributed by atoms with E-state index < -0.39 is 23.3 Å². The van der Waals surface area contributed by atoms with E-state index in [0.29, 0.717) is 11.6 Å². The zero-order chi connectivity index (χ0) is 14.9. The fraction of sp³-hybridized carbons (Fsp3) is 0.0769.